The number of amides is 1. The minimum atomic E-state index is 0.286. The molecule has 2 aliphatic rings. The number of halogens is 2. The van der Waals surface area contributed by atoms with Crippen molar-refractivity contribution in [3.8, 4) is 0 Å². The molecule has 1 saturated heterocycles. The first-order chi connectivity index (χ1) is 10.6. The third-order valence-electron chi connectivity index (χ3n) is 4.81. The van der Waals surface area contributed by atoms with E-state index in [4.69, 9.17) is 23.2 Å². The summed E-state index contributed by atoms with van der Waals surface area (Å²) < 4.78 is 0. The molecule has 0 bridgehead atoms. The summed E-state index contributed by atoms with van der Waals surface area (Å²) in [5.74, 6) is 0.659. The second kappa shape index (κ2) is 7.20. The van der Waals surface area contributed by atoms with E-state index in [-0.39, 0.29) is 5.92 Å². The quantitative estimate of drug-likeness (QED) is 0.834. The van der Waals surface area contributed by atoms with E-state index in [0.29, 0.717) is 16.0 Å². The molecule has 0 unspecified atom stereocenters. The van der Waals surface area contributed by atoms with Gasteiger partial charge in [0.25, 0.3) is 0 Å². The molecule has 22 heavy (non-hydrogen) atoms. The molecular weight excluding hydrogens is 319 g/mol. The Labute approximate surface area is 142 Å². The predicted molar refractivity (Wildman–Crippen MR) is 90.3 cm³/mol. The van der Waals surface area contributed by atoms with Gasteiger partial charge in [-0.25, -0.2) is 0 Å². The van der Waals surface area contributed by atoms with Crippen molar-refractivity contribution in [3.63, 3.8) is 0 Å². The molecule has 1 aliphatic carbocycles. The second-order valence-electron chi connectivity index (χ2n) is 6.30. The van der Waals surface area contributed by atoms with E-state index < -0.39 is 0 Å². The SMILES string of the molecule is O=C(C1CCCC1)N1CCN(Cc2cccc(Cl)c2Cl)CC1. The number of rotatable bonds is 3. The van der Waals surface area contributed by atoms with Crippen LogP contribution >= 0.6 is 23.2 Å². The number of piperazine rings is 1. The number of carbonyl (C=O) groups excluding carboxylic acids is 1. The lowest BCUT2D eigenvalue weighted by atomic mass is 10.1. The Bertz CT molecular complexity index is 535. The molecule has 1 saturated carbocycles. The summed E-state index contributed by atoms with van der Waals surface area (Å²) in [7, 11) is 0. The molecule has 0 atom stereocenters. The highest BCUT2D eigenvalue weighted by Crippen LogP contribution is 2.28. The molecule has 120 valence electrons. The summed E-state index contributed by atoms with van der Waals surface area (Å²) in [6.07, 6.45) is 4.58. The minimum Gasteiger partial charge on any atom is -0.340 e. The van der Waals surface area contributed by atoms with Crippen molar-refractivity contribution < 1.29 is 4.79 Å². The highest BCUT2D eigenvalue weighted by atomic mass is 35.5. The number of hydrogen-bond donors (Lipinski definition) is 0. The van der Waals surface area contributed by atoms with Crippen molar-refractivity contribution in [1.29, 1.82) is 0 Å². The molecule has 1 aromatic rings. The first-order valence-corrected chi connectivity index (χ1v) is 8.85. The zero-order chi connectivity index (χ0) is 15.5. The van der Waals surface area contributed by atoms with Crippen LogP contribution in [-0.4, -0.2) is 41.9 Å². The van der Waals surface area contributed by atoms with Crippen molar-refractivity contribution >= 4 is 29.1 Å². The molecule has 0 N–H and O–H groups in total. The number of benzene rings is 1. The Kier molecular flexibility index (Phi) is 5.27. The van der Waals surface area contributed by atoms with Gasteiger partial charge in [0.05, 0.1) is 10.0 Å². The van der Waals surface area contributed by atoms with E-state index in [1.54, 1.807) is 0 Å². The fraction of sp³-hybridized carbons (Fsp3) is 0.588. The van der Waals surface area contributed by atoms with Crippen molar-refractivity contribution in [2.75, 3.05) is 26.2 Å². The highest BCUT2D eigenvalue weighted by molar-refractivity contribution is 6.42. The number of carbonyl (C=O) groups is 1. The fourth-order valence-corrected chi connectivity index (χ4v) is 3.85. The third-order valence-corrected chi connectivity index (χ3v) is 5.67. The molecule has 0 aromatic heterocycles. The molecule has 1 amide bonds. The van der Waals surface area contributed by atoms with Gasteiger partial charge in [-0.1, -0.05) is 48.2 Å². The maximum atomic E-state index is 12.4. The molecule has 2 fully saturated rings. The van der Waals surface area contributed by atoms with Gasteiger partial charge in [0.2, 0.25) is 5.91 Å². The Hall–Kier alpha value is -0.770. The Morgan fingerprint density at radius 3 is 2.45 bits per heavy atom. The summed E-state index contributed by atoms with van der Waals surface area (Å²) in [5, 5.41) is 1.25. The lowest BCUT2D eigenvalue weighted by molar-refractivity contribution is -0.137. The van der Waals surface area contributed by atoms with Crippen LogP contribution in [0, 0.1) is 5.92 Å². The zero-order valence-electron chi connectivity index (χ0n) is 12.7. The van der Waals surface area contributed by atoms with Crippen LogP contribution in [0.15, 0.2) is 18.2 Å². The molecule has 0 radical (unpaired) electrons. The van der Waals surface area contributed by atoms with Crippen LogP contribution in [0.4, 0.5) is 0 Å². The van der Waals surface area contributed by atoms with Gasteiger partial charge in [0.1, 0.15) is 0 Å². The normalized spacial score (nSPS) is 20.5. The fourth-order valence-electron chi connectivity index (χ4n) is 3.47. The van der Waals surface area contributed by atoms with E-state index in [0.717, 1.165) is 51.1 Å². The van der Waals surface area contributed by atoms with E-state index >= 15 is 0 Å². The van der Waals surface area contributed by atoms with Gasteiger partial charge in [0, 0.05) is 38.6 Å². The van der Waals surface area contributed by atoms with Crippen molar-refractivity contribution in [1.82, 2.24) is 9.80 Å². The second-order valence-corrected chi connectivity index (χ2v) is 7.08. The van der Waals surface area contributed by atoms with Crippen LogP contribution in [0.1, 0.15) is 31.2 Å². The van der Waals surface area contributed by atoms with Gasteiger partial charge in [-0.2, -0.15) is 0 Å². The summed E-state index contributed by atoms with van der Waals surface area (Å²) in [6, 6.07) is 5.76. The summed E-state index contributed by atoms with van der Waals surface area (Å²) in [4.78, 5) is 16.8. The summed E-state index contributed by atoms with van der Waals surface area (Å²) >= 11 is 12.3. The third kappa shape index (κ3) is 3.58. The Morgan fingerprint density at radius 2 is 1.77 bits per heavy atom. The van der Waals surface area contributed by atoms with Crippen molar-refractivity contribution in [2.24, 2.45) is 5.92 Å². The minimum absolute atomic E-state index is 0.286. The maximum Gasteiger partial charge on any atom is 0.225 e. The number of hydrogen-bond acceptors (Lipinski definition) is 2. The van der Waals surface area contributed by atoms with E-state index in [1.807, 2.05) is 23.1 Å². The Morgan fingerprint density at radius 1 is 1.09 bits per heavy atom. The summed E-state index contributed by atoms with van der Waals surface area (Å²) in [6.45, 7) is 4.26. The Balaban J connectivity index is 1.53. The molecule has 5 heteroatoms. The van der Waals surface area contributed by atoms with E-state index in [1.165, 1.54) is 12.8 Å². The first kappa shape index (κ1) is 16.1. The molecular formula is C17H22Cl2N2O. The maximum absolute atomic E-state index is 12.4. The van der Waals surface area contributed by atoms with Crippen molar-refractivity contribution in [3.05, 3.63) is 33.8 Å². The lowest BCUT2D eigenvalue weighted by Gasteiger charge is -2.36. The average Bonchev–Trinajstić information content (AvgIpc) is 3.06. The lowest BCUT2D eigenvalue weighted by Crippen LogP contribution is -2.49. The van der Waals surface area contributed by atoms with Crippen LogP contribution in [-0.2, 0) is 11.3 Å². The molecule has 3 rings (SSSR count). The van der Waals surface area contributed by atoms with E-state index in [2.05, 4.69) is 4.90 Å². The standard InChI is InChI=1S/C17H22Cl2N2O/c18-15-7-3-6-14(16(15)19)12-20-8-10-21(11-9-20)17(22)13-4-1-2-5-13/h3,6-7,13H,1-2,4-5,8-12H2. The van der Waals surface area contributed by atoms with Crippen molar-refractivity contribution in [2.45, 2.75) is 32.2 Å². The number of nitrogens with zero attached hydrogens (tertiary/aromatic N) is 2. The van der Waals surface area contributed by atoms with Gasteiger partial charge in [-0.15, -0.1) is 0 Å². The predicted octanol–water partition coefficient (Wildman–Crippen LogP) is 3.83. The van der Waals surface area contributed by atoms with Gasteiger partial charge in [-0.3, -0.25) is 9.69 Å². The first-order valence-electron chi connectivity index (χ1n) is 8.09. The smallest absolute Gasteiger partial charge is 0.225 e. The van der Waals surface area contributed by atoms with Crippen LogP contribution in [0.2, 0.25) is 10.0 Å². The zero-order valence-corrected chi connectivity index (χ0v) is 14.2. The molecule has 3 nitrogen and oxygen atoms in total. The molecule has 0 spiro atoms. The van der Waals surface area contributed by atoms with Gasteiger partial charge >= 0.3 is 0 Å². The van der Waals surface area contributed by atoms with Crippen LogP contribution in [0.3, 0.4) is 0 Å². The molecule has 1 aromatic carbocycles. The molecule has 1 heterocycles. The van der Waals surface area contributed by atoms with E-state index in [9.17, 15) is 4.79 Å². The van der Waals surface area contributed by atoms with Crippen LogP contribution < -0.4 is 0 Å². The van der Waals surface area contributed by atoms with Crippen LogP contribution in [0.5, 0.6) is 0 Å². The topological polar surface area (TPSA) is 23.6 Å². The largest absolute Gasteiger partial charge is 0.340 e. The average molecular weight is 341 g/mol. The highest BCUT2D eigenvalue weighted by Gasteiger charge is 2.29. The molecule has 1 aliphatic heterocycles. The summed E-state index contributed by atoms with van der Waals surface area (Å²) in [5.41, 5.74) is 1.06. The van der Waals surface area contributed by atoms with Crippen LogP contribution in [0.25, 0.3) is 0 Å². The monoisotopic (exact) mass is 340 g/mol. The van der Waals surface area contributed by atoms with Gasteiger partial charge in [-0.05, 0) is 24.5 Å². The van der Waals surface area contributed by atoms with Gasteiger partial charge in [0.15, 0.2) is 0 Å². The van der Waals surface area contributed by atoms with Gasteiger partial charge < -0.3 is 4.90 Å².